The number of nitrogens with zero attached hydrogens (tertiary/aromatic N) is 2. The van der Waals surface area contributed by atoms with Crippen LogP contribution in [0, 0.1) is 0 Å². The Hall–Kier alpha value is -0.650. The number of ether oxygens (including phenoxy) is 2. The summed E-state index contributed by atoms with van der Waals surface area (Å²) in [6, 6.07) is 0.682. The van der Waals surface area contributed by atoms with Gasteiger partial charge in [0.1, 0.15) is 0 Å². The van der Waals surface area contributed by atoms with Gasteiger partial charge in [0, 0.05) is 32.3 Å². The van der Waals surface area contributed by atoms with Crippen LogP contribution in [0.4, 0.5) is 0 Å². The van der Waals surface area contributed by atoms with E-state index in [4.69, 9.17) is 9.47 Å². The maximum atomic E-state index is 12.9. The highest BCUT2D eigenvalue weighted by molar-refractivity contribution is 5.83. The fourth-order valence-corrected chi connectivity index (χ4v) is 4.40. The standard InChI is InChI=1S/C17H30N2O3/c1-12(2)18-8-4-5-14(17(18)20)19-9-10-22-16-7-6-13(21-3)11-15(16)19/h12-16H,4-11H2,1-3H3/t13-,14-,15+,16+/m1/s1. The van der Waals surface area contributed by atoms with Crippen molar-refractivity contribution in [2.45, 2.75) is 76.3 Å². The smallest absolute Gasteiger partial charge is 0.240 e. The monoisotopic (exact) mass is 310 g/mol. The van der Waals surface area contributed by atoms with Crippen molar-refractivity contribution in [2.24, 2.45) is 0 Å². The summed E-state index contributed by atoms with van der Waals surface area (Å²) in [7, 11) is 1.80. The predicted molar refractivity (Wildman–Crippen MR) is 84.8 cm³/mol. The third-order valence-corrected chi connectivity index (χ3v) is 5.62. The molecule has 2 aliphatic heterocycles. The Morgan fingerprint density at radius 1 is 1.23 bits per heavy atom. The summed E-state index contributed by atoms with van der Waals surface area (Å²) in [6.07, 6.45) is 5.80. The molecule has 2 heterocycles. The zero-order valence-corrected chi connectivity index (χ0v) is 14.2. The number of rotatable bonds is 3. The lowest BCUT2D eigenvalue weighted by atomic mass is 9.86. The first-order valence-corrected chi connectivity index (χ1v) is 8.82. The third-order valence-electron chi connectivity index (χ3n) is 5.62. The number of amides is 1. The Bertz CT molecular complexity index is 401. The van der Waals surface area contributed by atoms with Crippen molar-refractivity contribution >= 4 is 5.91 Å². The summed E-state index contributed by atoms with van der Waals surface area (Å²) in [4.78, 5) is 17.4. The van der Waals surface area contributed by atoms with Gasteiger partial charge in [-0.1, -0.05) is 0 Å². The lowest BCUT2D eigenvalue weighted by Crippen LogP contribution is -2.63. The van der Waals surface area contributed by atoms with E-state index in [1.807, 2.05) is 0 Å². The fraction of sp³-hybridized carbons (Fsp3) is 0.941. The number of piperidine rings is 1. The number of carbonyl (C=O) groups is 1. The summed E-state index contributed by atoms with van der Waals surface area (Å²) in [5.41, 5.74) is 0. The molecule has 0 aromatic heterocycles. The number of hydrogen-bond acceptors (Lipinski definition) is 4. The maximum Gasteiger partial charge on any atom is 0.240 e. The topological polar surface area (TPSA) is 42.0 Å². The van der Waals surface area contributed by atoms with Gasteiger partial charge >= 0.3 is 0 Å². The van der Waals surface area contributed by atoms with E-state index in [0.29, 0.717) is 24.1 Å². The molecular weight excluding hydrogens is 280 g/mol. The number of carbonyl (C=O) groups excluding carboxylic acids is 1. The molecule has 3 aliphatic rings. The highest BCUT2D eigenvalue weighted by Crippen LogP contribution is 2.33. The third kappa shape index (κ3) is 3.03. The van der Waals surface area contributed by atoms with Crippen LogP contribution in [0.5, 0.6) is 0 Å². The van der Waals surface area contributed by atoms with Gasteiger partial charge in [-0.05, 0) is 46.0 Å². The van der Waals surface area contributed by atoms with Crippen LogP contribution in [0.3, 0.4) is 0 Å². The fourth-order valence-electron chi connectivity index (χ4n) is 4.40. The Labute approximate surface area is 133 Å². The number of hydrogen-bond donors (Lipinski definition) is 0. The van der Waals surface area contributed by atoms with Crippen LogP contribution in [0.25, 0.3) is 0 Å². The molecule has 0 bridgehead atoms. The molecule has 0 spiro atoms. The van der Waals surface area contributed by atoms with Gasteiger partial charge in [-0.3, -0.25) is 9.69 Å². The highest BCUT2D eigenvalue weighted by Gasteiger charge is 2.44. The van der Waals surface area contributed by atoms with Gasteiger partial charge in [0.15, 0.2) is 0 Å². The van der Waals surface area contributed by atoms with Gasteiger partial charge in [-0.2, -0.15) is 0 Å². The van der Waals surface area contributed by atoms with Gasteiger partial charge in [0.05, 0.1) is 24.9 Å². The molecule has 1 aliphatic carbocycles. The second kappa shape index (κ2) is 6.85. The van der Waals surface area contributed by atoms with E-state index < -0.39 is 0 Å². The van der Waals surface area contributed by atoms with Crippen molar-refractivity contribution in [1.29, 1.82) is 0 Å². The van der Waals surface area contributed by atoms with Gasteiger partial charge in [-0.15, -0.1) is 0 Å². The molecule has 5 nitrogen and oxygen atoms in total. The van der Waals surface area contributed by atoms with Gasteiger partial charge < -0.3 is 14.4 Å². The summed E-state index contributed by atoms with van der Waals surface area (Å²) in [5, 5.41) is 0. The largest absolute Gasteiger partial charge is 0.381 e. The first kappa shape index (κ1) is 16.2. The van der Waals surface area contributed by atoms with Crippen molar-refractivity contribution in [3.63, 3.8) is 0 Å². The molecule has 0 aromatic carbocycles. The molecule has 126 valence electrons. The van der Waals surface area contributed by atoms with Crippen molar-refractivity contribution < 1.29 is 14.3 Å². The van der Waals surface area contributed by atoms with Crippen molar-refractivity contribution in [1.82, 2.24) is 9.80 Å². The summed E-state index contributed by atoms with van der Waals surface area (Å²) >= 11 is 0. The quantitative estimate of drug-likeness (QED) is 0.795. The first-order valence-electron chi connectivity index (χ1n) is 8.82. The van der Waals surface area contributed by atoms with Crippen LogP contribution in [0.2, 0.25) is 0 Å². The normalized spacial score (nSPS) is 37.5. The van der Waals surface area contributed by atoms with Crippen LogP contribution in [-0.2, 0) is 14.3 Å². The van der Waals surface area contributed by atoms with E-state index in [1.165, 1.54) is 0 Å². The number of fused-ring (bicyclic) bond motifs is 1. The second-order valence-corrected chi connectivity index (χ2v) is 7.17. The minimum Gasteiger partial charge on any atom is -0.381 e. The summed E-state index contributed by atoms with van der Waals surface area (Å²) < 4.78 is 11.6. The second-order valence-electron chi connectivity index (χ2n) is 7.17. The van der Waals surface area contributed by atoms with Gasteiger partial charge in [0.25, 0.3) is 0 Å². The summed E-state index contributed by atoms with van der Waals surface area (Å²) in [6.45, 7) is 6.77. The minimum absolute atomic E-state index is 0.0446. The molecule has 3 fully saturated rings. The van der Waals surface area contributed by atoms with Gasteiger partial charge in [-0.25, -0.2) is 0 Å². The van der Waals surface area contributed by atoms with Crippen molar-refractivity contribution in [2.75, 3.05) is 26.8 Å². The van der Waals surface area contributed by atoms with Crippen LogP contribution in [0.15, 0.2) is 0 Å². The minimum atomic E-state index is 0.0446. The average Bonchev–Trinajstić information content (AvgIpc) is 2.54. The lowest BCUT2D eigenvalue weighted by molar-refractivity contribution is -0.158. The molecule has 0 radical (unpaired) electrons. The first-order chi connectivity index (χ1) is 10.6. The van der Waals surface area contributed by atoms with E-state index in [0.717, 1.165) is 51.8 Å². The van der Waals surface area contributed by atoms with E-state index >= 15 is 0 Å². The molecule has 0 N–H and O–H groups in total. The van der Waals surface area contributed by atoms with E-state index in [9.17, 15) is 4.79 Å². The Morgan fingerprint density at radius 3 is 2.77 bits per heavy atom. The number of likely N-dealkylation sites (tertiary alicyclic amines) is 1. The molecule has 22 heavy (non-hydrogen) atoms. The SMILES string of the molecule is CO[C@@H]1CC[C@@H]2OCCN([C@@H]3CCCN(C(C)C)C3=O)[C@H]2C1. The number of morpholine rings is 1. The molecule has 4 atom stereocenters. The maximum absolute atomic E-state index is 12.9. The zero-order valence-electron chi connectivity index (χ0n) is 14.2. The lowest BCUT2D eigenvalue weighted by Gasteiger charge is -2.50. The van der Waals surface area contributed by atoms with Crippen molar-refractivity contribution in [3.05, 3.63) is 0 Å². The number of methoxy groups -OCH3 is 1. The van der Waals surface area contributed by atoms with Crippen molar-refractivity contribution in [3.8, 4) is 0 Å². The predicted octanol–water partition coefficient (Wildman–Crippen LogP) is 1.65. The summed E-state index contributed by atoms with van der Waals surface area (Å²) in [5.74, 6) is 0.321. The highest BCUT2D eigenvalue weighted by atomic mass is 16.5. The molecule has 3 rings (SSSR count). The Balaban J connectivity index is 1.75. The molecule has 1 saturated carbocycles. The van der Waals surface area contributed by atoms with Crippen LogP contribution >= 0.6 is 0 Å². The molecular formula is C17H30N2O3. The van der Waals surface area contributed by atoms with E-state index in [1.54, 1.807) is 7.11 Å². The van der Waals surface area contributed by atoms with E-state index in [-0.39, 0.29) is 12.1 Å². The Kier molecular flexibility index (Phi) is 5.05. The van der Waals surface area contributed by atoms with Crippen LogP contribution in [0.1, 0.15) is 46.0 Å². The molecule has 2 saturated heterocycles. The average molecular weight is 310 g/mol. The van der Waals surface area contributed by atoms with Crippen LogP contribution in [-0.4, -0.2) is 72.8 Å². The Morgan fingerprint density at radius 2 is 2.05 bits per heavy atom. The van der Waals surface area contributed by atoms with E-state index in [2.05, 4.69) is 23.6 Å². The molecule has 0 aromatic rings. The molecule has 1 amide bonds. The molecule has 5 heteroatoms. The van der Waals surface area contributed by atoms with Gasteiger partial charge in [0.2, 0.25) is 5.91 Å². The van der Waals surface area contributed by atoms with Crippen LogP contribution < -0.4 is 0 Å². The molecule has 0 unspecified atom stereocenters. The zero-order chi connectivity index (χ0) is 15.7.